The lowest BCUT2D eigenvalue weighted by Gasteiger charge is -1.99. The predicted molar refractivity (Wildman–Crippen MR) is 57.0 cm³/mol. The molecule has 0 amide bonds. The smallest absolute Gasteiger partial charge is 0.378 e. The molecular weight excluding hydrogens is 224 g/mol. The highest BCUT2D eigenvalue weighted by molar-refractivity contribution is 5.85. The number of methoxy groups -OCH3 is 1. The van der Waals surface area contributed by atoms with E-state index in [2.05, 4.69) is 19.8 Å². The van der Waals surface area contributed by atoms with Gasteiger partial charge in [0.1, 0.15) is 0 Å². The van der Waals surface area contributed by atoms with E-state index in [1.54, 1.807) is 0 Å². The van der Waals surface area contributed by atoms with Crippen molar-refractivity contribution < 1.29 is 9.53 Å². The van der Waals surface area contributed by atoms with Gasteiger partial charge in [-0.25, -0.2) is 9.31 Å². The van der Waals surface area contributed by atoms with Gasteiger partial charge in [-0.1, -0.05) is 0 Å². The van der Waals surface area contributed by atoms with Gasteiger partial charge in [-0.3, -0.25) is 9.78 Å². The fourth-order valence-corrected chi connectivity index (χ4v) is 2.14. The first-order valence-electron chi connectivity index (χ1n) is 5.30. The van der Waals surface area contributed by atoms with Crippen LogP contribution in [0.25, 0.3) is 5.78 Å². The molecule has 17 heavy (non-hydrogen) atoms. The van der Waals surface area contributed by atoms with Gasteiger partial charge in [0.05, 0.1) is 12.8 Å². The van der Waals surface area contributed by atoms with Crippen LogP contribution in [0.3, 0.4) is 0 Å². The van der Waals surface area contributed by atoms with Crippen molar-refractivity contribution in [2.45, 2.75) is 19.3 Å². The summed E-state index contributed by atoms with van der Waals surface area (Å²) < 4.78 is 6.07. The Hall–Kier alpha value is -2.18. The van der Waals surface area contributed by atoms with Crippen LogP contribution in [0.4, 0.5) is 0 Å². The molecule has 2 aromatic heterocycles. The Bertz CT molecular complexity index is 670. The van der Waals surface area contributed by atoms with Crippen LogP contribution in [0.1, 0.15) is 28.3 Å². The van der Waals surface area contributed by atoms with Gasteiger partial charge in [-0.15, -0.1) is 5.10 Å². The maximum absolute atomic E-state index is 11.7. The van der Waals surface area contributed by atoms with Gasteiger partial charge in [0.15, 0.2) is 0 Å². The minimum Gasteiger partial charge on any atom is -0.463 e. The number of hydrogen-bond donors (Lipinski definition) is 1. The molecular formula is C10H10N4O3. The number of aromatic amines is 1. The Kier molecular flexibility index (Phi) is 2.01. The topological polar surface area (TPSA) is 89.3 Å². The third kappa shape index (κ3) is 1.35. The van der Waals surface area contributed by atoms with Gasteiger partial charge in [0.2, 0.25) is 5.78 Å². The lowest BCUT2D eigenvalue weighted by Crippen LogP contribution is -2.16. The molecule has 7 nitrogen and oxygen atoms in total. The Labute approximate surface area is 95.4 Å². The number of aromatic nitrogens is 4. The molecule has 1 aliphatic rings. The molecule has 2 heterocycles. The molecule has 0 aliphatic heterocycles. The number of ether oxygens (including phenoxy) is 1. The van der Waals surface area contributed by atoms with Gasteiger partial charge in [-0.2, -0.15) is 4.98 Å². The van der Waals surface area contributed by atoms with E-state index < -0.39 is 5.97 Å². The summed E-state index contributed by atoms with van der Waals surface area (Å²) in [5.74, 6) is -0.360. The molecule has 0 aromatic carbocycles. The van der Waals surface area contributed by atoms with Crippen molar-refractivity contribution in [2.24, 2.45) is 0 Å². The maximum Gasteiger partial charge on any atom is 0.378 e. The van der Waals surface area contributed by atoms with E-state index in [1.165, 1.54) is 11.6 Å². The van der Waals surface area contributed by atoms with Crippen molar-refractivity contribution in [1.82, 2.24) is 19.6 Å². The van der Waals surface area contributed by atoms with Crippen LogP contribution in [0, 0.1) is 0 Å². The van der Waals surface area contributed by atoms with E-state index in [4.69, 9.17) is 0 Å². The summed E-state index contributed by atoms with van der Waals surface area (Å²) in [4.78, 5) is 29.6. The number of nitrogens with zero attached hydrogens (tertiary/aromatic N) is 3. The number of nitrogens with one attached hydrogen (secondary N) is 1. The van der Waals surface area contributed by atoms with E-state index in [-0.39, 0.29) is 17.2 Å². The Morgan fingerprint density at radius 2 is 2.29 bits per heavy atom. The first-order chi connectivity index (χ1) is 8.20. The van der Waals surface area contributed by atoms with Gasteiger partial charge >= 0.3 is 5.97 Å². The minimum absolute atomic E-state index is 0.0385. The van der Waals surface area contributed by atoms with Crippen LogP contribution in [-0.4, -0.2) is 32.7 Å². The van der Waals surface area contributed by atoms with E-state index in [0.717, 1.165) is 30.5 Å². The molecule has 0 fully saturated rings. The number of carbonyl (C=O) groups is 1. The highest BCUT2D eigenvalue weighted by Gasteiger charge is 2.22. The Morgan fingerprint density at radius 3 is 3.06 bits per heavy atom. The molecule has 0 unspecified atom stereocenters. The highest BCUT2D eigenvalue weighted by Crippen LogP contribution is 2.18. The van der Waals surface area contributed by atoms with Crippen molar-refractivity contribution in [1.29, 1.82) is 0 Å². The average molecular weight is 234 g/mol. The zero-order valence-corrected chi connectivity index (χ0v) is 9.19. The molecule has 0 saturated carbocycles. The minimum atomic E-state index is -0.610. The monoisotopic (exact) mass is 234 g/mol. The average Bonchev–Trinajstić information content (AvgIpc) is 2.92. The predicted octanol–water partition coefficient (Wildman–Crippen LogP) is -0.307. The third-order valence-electron chi connectivity index (χ3n) is 2.92. The van der Waals surface area contributed by atoms with Crippen LogP contribution in [0.5, 0.6) is 0 Å². The molecule has 0 radical (unpaired) electrons. The molecule has 1 aliphatic carbocycles. The molecule has 0 spiro atoms. The second-order valence-electron chi connectivity index (χ2n) is 3.90. The van der Waals surface area contributed by atoms with Crippen molar-refractivity contribution in [3.8, 4) is 0 Å². The summed E-state index contributed by atoms with van der Waals surface area (Å²) in [5, 5.41) is 4.06. The van der Waals surface area contributed by atoms with Crippen LogP contribution in [0.15, 0.2) is 4.79 Å². The maximum atomic E-state index is 11.7. The normalized spacial score (nSPS) is 13.9. The first kappa shape index (κ1) is 10.0. The van der Waals surface area contributed by atoms with Crippen LogP contribution < -0.4 is 5.56 Å². The number of H-pyrrole nitrogens is 1. The van der Waals surface area contributed by atoms with Gasteiger partial charge < -0.3 is 4.74 Å². The van der Waals surface area contributed by atoms with Crippen LogP contribution in [-0.2, 0) is 17.6 Å². The zero-order valence-electron chi connectivity index (χ0n) is 9.19. The quantitative estimate of drug-likeness (QED) is 0.684. The van der Waals surface area contributed by atoms with E-state index in [9.17, 15) is 9.59 Å². The van der Waals surface area contributed by atoms with Gasteiger partial charge in [-0.05, 0) is 19.3 Å². The first-order valence-corrected chi connectivity index (χ1v) is 5.30. The number of hydrogen-bond acceptors (Lipinski definition) is 5. The lowest BCUT2D eigenvalue weighted by molar-refractivity contribution is 0.0587. The second kappa shape index (κ2) is 3.41. The molecule has 3 rings (SSSR count). The van der Waals surface area contributed by atoms with E-state index in [1.807, 2.05) is 0 Å². The van der Waals surface area contributed by atoms with Crippen molar-refractivity contribution in [2.75, 3.05) is 7.11 Å². The van der Waals surface area contributed by atoms with Crippen molar-refractivity contribution in [3.63, 3.8) is 0 Å². The second-order valence-corrected chi connectivity index (χ2v) is 3.90. The fourth-order valence-electron chi connectivity index (χ4n) is 2.14. The van der Waals surface area contributed by atoms with E-state index in [0.29, 0.717) is 0 Å². The molecule has 0 bridgehead atoms. The van der Waals surface area contributed by atoms with Crippen LogP contribution >= 0.6 is 0 Å². The molecule has 88 valence electrons. The summed E-state index contributed by atoms with van der Waals surface area (Å²) in [6, 6.07) is 0. The number of carbonyl (C=O) groups excluding carboxylic acids is 1. The van der Waals surface area contributed by atoms with Gasteiger partial charge in [0, 0.05) is 5.56 Å². The fraction of sp³-hybridized carbons (Fsp3) is 0.400. The molecule has 0 atom stereocenters. The van der Waals surface area contributed by atoms with Gasteiger partial charge in [0.25, 0.3) is 11.4 Å². The van der Waals surface area contributed by atoms with Crippen molar-refractivity contribution in [3.05, 3.63) is 27.4 Å². The Morgan fingerprint density at radius 1 is 1.47 bits per heavy atom. The number of aryl methyl sites for hydroxylation is 1. The SMILES string of the molecule is COC(=O)c1nc2[nH]c(=O)c3c(n2n1)CCC3. The highest BCUT2D eigenvalue weighted by atomic mass is 16.5. The molecule has 0 saturated heterocycles. The zero-order chi connectivity index (χ0) is 12.0. The summed E-state index contributed by atoms with van der Waals surface area (Å²) in [5.41, 5.74) is 1.43. The molecule has 2 aromatic rings. The van der Waals surface area contributed by atoms with E-state index >= 15 is 0 Å². The van der Waals surface area contributed by atoms with Crippen LogP contribution in [0.2, 0.25) is 0 Å². The number of esters is 1. The third-order valence-corrected chi connectivity index (χ3v) is 2.92. The standard InChI is InChI=1S/C10H10N4O3/c1-17-9(16)7-11-10-12-8(15)5-3-2-4-6(5)14(10)13-7/h2-4H2,1H3,(H,11,12,13,15). The van der Waals surface area contributed by atoms with Crippen molar-refractivity contribution >= 4 is 11.7 Å². The summed E-state index contributed by atoms with van der Waals surface area (Å²) in [6.45, 7) is 0. The lowest BCUT2D eigenvalue weighted by atomic mass is 10.3. The molecule has 1 N–H and O–H groups in total. The summed E-state index contributed by atoms with van der Waals surface area (Å²) >= 11 is 0. The summed E-state index contributed by atoms with van der Waals surface area (Å²) in [6.07, 6.45) is 2.44. The Balaban J connectivity index is 2.30. The molecule has 7 heteroatoms. The largest absolute Gasteiger partial charge is 0.463 e. The number of fused-ring (bicyclic) bond motifs is 3. The summed E-state index contributed by atoms with van der Waals surface area (Å²) in [7, 11) is 1.27. The number of rotatable bonds is 1.